The smallest absolute Gasteiger partial charge is 0.191 e. The summed E-state index contributed by atoms with van der Waals surface area (Å²) in [5.74, 6) is 1.65. The first kappa shape index (κ1) is 19.0. The van der Waals surface area contributed by atoms with Gasteiger partial charge in [-0.2, -0.15) is 5.10 Å². The fraction of sp³-hybridized carbons (Fsp3) is 0.429. The van der Waals surface area contributed by atoms with E-state index in [4.69, 9.17) is 4.74 Å². The van der Waals surface area contributed by atoms with Crippen LogP contribution in [0.25, 0.3) is 5.69 Å². The van der Waals surface area contributed by atoms with Crippen molar-refractivity contribution in [3.8, 4) is 11.4 Å². The molecule has 0 bridgehead atoms. The van der Waals surface area contributed by atoms with Gasteiger partial charge in [0.05, 0.1) is 25.0 Å². The van der Waals surface area contributed by atoms with Gasteiger partial charge in [0.2, 0.25) is 0 Å². The third-order valence-electron chi connectivity index (χ3n) is 4.77. The van der Waals surface area contributed by atoms with E-state index in [0.717, 1.165) is 36.1 Å². The van der Waals surface area contributed by atoms with Crippen molar-refractivity contribution in [3.63, 3.8) is 0 Å². The number of rotatable bonds is 7. The van der Waals surface area contributed by atoms with Crippen molar-refractivity contribution in [1.82, 2.24) is 20.4 Å². The fourth-order valence-electron chi connectivity index (χ4n) is 3.20. The quantitative estimate of drug-likeness (QED) is 0.447. The second kappa shape index (κ2) is 9.80. The highest BCUT2D eigenvalue weighted by atomic mass is 16.5. The molecule has 144 valence electrons. The Morgan fingerprint density at radius 3 is 2.74 bits per heavy atom. The van der Waals surface area contributed by atoms with Crippen LogP contribution in [0.3, 0.4) is 0 Å². The number of benzene rings is 1. The Hall–Kier alpha value is -2.76. The lowest BCUT2D eigenvalue weighted by Gasteiger charge is -2.14. The van der Waals surface area contributed by atoms with E-state index in [1.807, 2.05) is 41.2 Å². The Bertz CT molecular complexity index is 776. The molecule has 3 rings (SSSR count). The molecule has 1 aliphatic rings. The summed E-state index contributed by atoms with van der Waals surface area (Å²) in [4.78, 5) is 4.30. The standard InChI is InChI=1S/C21H29N5O/c1-22-21(23-14-12-17-6-4-3-5-7-17)24-16-18-13-15-26(25-18)19-8-10-20(27-2)11-9-19/h6,8-11,13,15H,3-5,7,12,14,16H2,1-2H3,(H2,22,23,24). The van der Waals surface area contributed by atoms with E-state index in [0.29, 0.717) is 6.54 Å². The summed E-state index contributed by atoms with van der Waals surface area (Å²) in [5.41, 5.74) is 3.54. The number of aromatic nitrogens is 2. The maximum atomic E-state index is 5.20. The van der Waals surface area contributed by atoms with Crippen molar-refractivity contribution < 1.29 is 4.74 Å². The molecule has 0 amide bonds. The number of hydrogen-bond acceptors (Lipinski definition) is 3. The number of allylic oxidation sites excluding steroid dienone is 1. The van der Waals surface area contributed by atoms with Crippen molar-refractivity contribution in [2.24, 2.45) is 4.99 Å². The van der Waals surface area contributed by atoms with Crippen molar-refractivity contribution in [2.45, 2.75) is 38.6 Å². The van der Waals surface area contributed by atoms with E-state index >= 15 is 0 Å². The Morgan fingerprint density at radius 2 is 2.04 bits per heavy atom. The molecular weight excluding hydrogens is 338 g/mol. The fourth-order valence-corrected chi connectivity index (χ4v) is 3.20. The highest BCUT2D eigenvalue weighted by molar-refractivity contribution is 5.79. The van der Waals surface area contributed by atoms with Gasteiger partial charge in [0.15, 0.2) is 5.96 Å². The predicted molar refractivity (Wildman–Crippen MR) is 109 cm³/mol. The zero-order valence-corrected chi connectivity index (χ0v) is 16.2. The molecule has 1 aliphatic carbocycles. The molecule has 0 radical (unpaired) electrons. The summed E-state index contributed by atoms with van der Waals surface area (Å²) in [6.07, 6.45) is 10.6. The summed E-state index contributed by atoms with van der Waals surface area (Å²) in [5, 5.41) is 11.3. The number of hydrogen-bond donors (Lipinski definition) is 2. The Morgan fingerprint density at radius 1 is 1.19 bits per heavy atom. The SMILES string of the molecule is CN=C(NCCC1=CCCCC1)NCc1ccn(-c2ccc(OC)cc2)n1. The lowest BCUT2D eigenvalue weighted by Crippen LogP contribution is -2.37. The Labute approximate surface area is 161 Å². The van der Waals surface area contributed by atoms with Gasteiger partial charge in [0.1, 0.15) is 5.75 Å². The molecule has 0 saturated carbocycles. The first-order valence-electron chi connectivity index (χ1n) is 9.60. The largest absolute Gasteiger partial charge is 0.497 e. The van der Waals surface area contributed by atoms with Crippen molar-refractivity contribution in [2.75, 3.05) is 20.7 Å². The van der Waals surface area contributed by atoms with Crippen LogP contribution in [0.15, 0.2) is 53.2 Å². The third-order valence-corrected chi connectivity index (χ3v) is 4.77. The van der Waals surface area contributed by atoms with Gasteiger partial charge < -0.3 is 15.4 Å². The first-order chi connectivity index (χ1) is 13.3. The zero-order chi connectivity index (χ0) is 18.9. The average molecular weight is 367 g/mol. The van der Waals surface area contributed by atoms with Crippen LogP contribution in [0.5, 0.6) is 5.75 Å². The lowest BCUT2D eigenvalue weighted by molar-refractivity contribution is 0.414. The molecule has 0 aliphatic heterocycles. The molecule has 6 heteroatoms. The Kier molecular flexibility index (Phi) is 6.90. The summed E-state index contributed by atoms with van der Waals surface area (Å²) in [6, 6.07) is 9.86. The predicted octanol–water partition coefficient (Wildman–Crippen LogP) is 3.44. The minimum atomic E-state index is 0.630. The van der Waals surface area contributed by atoms with Gasteiger partial charge in [-0.25, -0.2) is 4.68 Å². The maximum absolute atomic E-state index is 5.20. The van der Waals surface area contributed by atoms with Crippen LogP contribution in [0.2, 0.25) is 0 Å². The molecule has 2 N–H and O–H groups in total. The minimum absolute atomic E-state index is 0.630. The van der Waals surface area contributed by atoms with Crippen molar-refractivity contribution in [3.05, 3.63) is 53.9 Å². The second-order valence-electron chi connectivity index (χ2n) is 6.66. The zero-order valence-electron chi connectivity index (χ0n) is 16.2. The van der Waals surface area contributed by atoms with Gasteiger partial charge in [-0.1, -0.05) is 11.6 Å². The number of aliphatic imine (C=N–C) groups is 1. The van der Waals surface area contributed by atoms with E-state index in [2.05, 4.69) is 26.8 Å². The van der Waals surface area contributed by atoms with E-state index in [9.17, 15) is 0 Å². The normalized spacial score (nSPS) is 14.6. The van der Waals surface area contributed by atoms with Crippen LogP contribution < -0.4 is 15.4 Å². The number of nitrogens with zero attached hydrogens (tertiary/aromatic N) is 3. The first-order valence-corrected chi connectivity index (χ1v) is 9.60. The van der Waals surface area contributed by atoms with Gasteiger partial charge >= 0.3 is 0 Å². The van der Waals surface area contributed by atoms with E-state index < -0.39 is 0 Å². The lowest BCUT2D eigenvalue weighted by atomic mass is 9.97. The van der Waals surface area contributed by atoms with Gasteiger partial charge in [0, 0.05) is 19.8 Å². The molecule has 1 aromatic carbocycles. The van der Waals surface area contributed by atoms with E-state index in [-0.39, 0.29) is 0 Å². The summed E-state index contributed by atoms with van der Waals surface area (Å²) < 4.78 is 7.06. The molecule has 0 unspecified atom stereocenters. The van der Waals surface area contributed by atoms with Gasteiger partial charge in [-0.3, -0.25) is 4.99 Å². The number of methoxy groups -OCH3 is 1. The molecular formula is C21H29N5O. The molecule has 0 fully saturated rings. The minimum Gasteiger partial charge on any atom is -0.497 e. The van der Waals surface area contributed by atoms with Gasteiger partial charge in [-0.05, 0) is 62.4 Å². The van der Waals surface area contributed by atoms with Crippen LogP contribution >= 0.6 is 0 Å². The molecule has 1 heterocycles. The second-order valence-corrected chi connectivity index (χ2v) is 6.66. The van der Waals surface area contributed by atoms with Crippen molar-refractivity contribution >= 4 is 5.96 Å². The molecule has 0 atom stereocenters. The highest BCUT2D eigenvalue weighted by Gasteiger charge is 2.06. The van der Waals surface area contributed by atoms with Crippen molar-refractivity contribution in [1.29, 1.82) is 0 Å². The molecule has 0 saturated heterocycles. The molecule has 1 aromatic heterocycles. The van der Waals surface area contributed by atoms with Gasteiger partial charge in [-0.15, -0.1) is 0 Å². The number of nitrogens with one attached hydrogen (secondary N) is 2. The molecule has 6 nitrogen and oxygen atoms in total. The van der Waals surface area contributed by atoms with E-state index in [1.54, 1.807) is 19.7 Å². The summed E-state index contributed by atoms with van der Waals surface area (Å²) >= 11 is 0. The number of ether oxygens (including phenoxy) is 1. The van der Waals surface area contributed by atoms with Crippen LogP contribution in [0, 0.1) is 0 Å². The van der Waals surface area contributed by atoms with Crippen LogP contribution in [0.1, 0.15) is 37.8 Å². The average Bonchev–Trinajstić information content (AvgIpc) is 3.20. The molecule has 27 heavy (non-hydrogen) atoms. The monoisotopic (exact) mass is 367 g/mol. The maximum Gasteiger partial charge on any atom is 0.191 e. The van der Waals surface area contributed by atoms with Crippen LogP contribution in [-0.4, -0.2) is 36.4 Å². The van der Waals surface area contributed by atoms with E-state index in [1.165, 1.54) is 25.7 Å². The third kappa shape index (κ3) is 5.61. The van der Waals surface area contributed by atoms with Gasteiger partial charge in [0.25, 0.3) is 0 Å². The topological polar surface area (TPSA) is 63.5 Å². The highest BCUT2D eigenvalue weighted by Crippen LogP contribution is 2.19. The van der Waals surface area contributed by atoms with Crippen LogP contribution in [0.4, 0.5) is 0 Å². The van der Waals surface area contributed by atoms with Crippen LogP contribution in [-0.2, 0) is 6.54 Å². The Balaban J connectivity index is 1.46. The summed E-state index contributed by atoms with van der Waals surface area (Å²) in [7, 11) is 3.46. The molecule has 0 spiro atoms. The molecule has 2 aromatic rings. The number of guanidine groups is 1. The summed E-state index contributed by atoms with van der Waals surface area (Å²) in [6.45, 7) is 1.54.